The van der Waals surface area contributed by atoms with Crippen LogP contribution in [0, 0.1) is 6.92 Å². The van der Waals surface area contributed by atoms with Gasteiger partial charge < -0.3 is 14.5 Å². The van der Waals surface area contributed by atoms with Gasteiger partial charge in [-0.25, -0.2) is 0 Å². The molecule has 1 aromatic heterocycles. The zero-order chi connectivity index (χ0) is 19.4. The second-order valence-corrected chi connectivity index (χ2v) is 6.51. The number of aromatic nitrogens is 1. The molecule has 1 N–H and O–H groups in total. The first-order valence-corrected chi connectivity index (χ1v) is 8.93. The predicted octanol–water partition coefficient (Wildman–Crippen LogP) is 4.23. The summed E-state index contributed by atoms with van der Waals surface area (Å²) in [6, 6.07) is 15.1. The predicted molar refractivity (Wildman–Crippen MR) is 104 cm³/mol. The van der Waals surface area contributed by atoms with Gasteiger partial charge in [-0.15, -0.1) is 0 Å². The van der Waals surface area contributed by atoms with Gasteiger partial charge in [-0.05, 0) is 44.0 Å². The second-order valence-electron chi connectivity index (χ2n) is 6.51. The average molecular weight is 365 g/mol. The Kier molecular flexibility index (Phi) is 5.60. The van der Waals surface area contributed by atoms with E-state index in [1.54, 1.807) is 14.0 Å². The van der Waals surface area contributed by atoms with E-state index in [0.29, 0.717) is 12.0 Å². The summed E-state index contributed by atoms with van der Waals surface area (Å²) in [6.07, 6.45) is -0.0570. The molecule has 0 unspecified atom stereocenters. The third-order valence-electron chi connectivity index (χ3n) is 4.59. The van der Waals surface area contributed by atoms with E-state index in [1.807, 2.05) is 55.5 Å². The summed E-state index contributed by atoms with van der Waals surface area (Å²) in [7, 11) is 1.61. The quantitative estimate of drug-likeness (QED) is 0.502. The van der Waals surface area contributed by atoms with Gasteiger partial charge in [-0.1, -0.05) is 30.3 Å². The molecule has 5 heteroatoms. The molecular weight excluding hydrogens is 342 g/mol. The van der Waals surface area contributed by atoms with Crippen molar-refractivity contribution < 1.29 is 19.1 Å². The Hall–Kier alpha value is -3.08. The lowest BCUT2D eigenvalue weighted by Gasteiger charge is -2.13. The average Bonchev–Trinajstić information content (AvgIpc) is 3.01. The van der Waals surface area contributed by atoms with Gasteiger partial charge in [0.15, 0.2) is 6.10 Å². The molecule has 5 nitrogen and oxygen atoms in total. The second kappa shape index (κ2) is 8.08. The fourth-order valence-corrected chi connectivity index (χ4v) is 3.15. The number of methoxy groups -OCH3 is 1. The Morgan fingerprint density at radius 1 is 1.07 bits per heavy atom. The normalized spacial score (nSPS) is 12.0. The van der Waals surface area contributed by atoms with Crippen molar-refractivity contribution in [2.45, 2.75) is 32.8 Å². The number of rotatable bonds is 7. The molecule has 0 aliphatic rings. The molecular formula is C22H23NO4. The Balaban J connectivity index is 1.61. The number of benzene rings is 2. The van der Waals surface area contributed by atoms with E-state index in [4.69, 9.17) is 9.47 Å². The molecule has 0 amide bonds. The maximum absolute atomic E-state index is 12.8. The lowest BCUT2D eigenvalue weighted by atomic mass is 10.0. The smallest absolute Gasteiger partial charge is 0.306 e. The summed E-state index contributed by atoms with van der Waals surface area (Å²) in [5.74, 6) is 0.196. The fraction of sp³-hybridized carbons (Fsp3) is 0.273. The van der Waals surface area contributed by atoms with Crippen LogP contribution in [0.25, 0.3) is 10.9 Å². The maximum atomic E-state index is 12.8. The minimum Gasteiger partial charge on any atom is -0.497 e. The van der Waals surface area contributed by atoms with Gasteiger partial charge in [0.2, 0.25) is 5.78 Å². The standard InChI is InChI=1S/C22H23NO4/c1-14-21(18-6-4-5-7-19(18)23-14)22(25)15(2)27-20(24)13-10-16-8-11-17(26-3)12-9-16/h4-9,11-12,15,23H,10,13H2,1-3H3/t15-/m1/s1. The van der Waals surface area contributed by atoms with Gasteiger partial charge in [0.05, 0.1) is 7.11 Å². The van der Waals surface area contributed by atoms with Crippen molar-refractivity contribution in [3.63, 3.8) is 0 Å². The van der Waals surface area contributed by atoms with Gasteiger partial charge in [-0.3, -0.25) is 9.59 Å². The Morgan fingerprint density at radius 3 is 2.48 bits per heavy atom. The lowest BCUT2D eigenvalue weighted by molar-refractivity contribution is -0.146. The van der Waals surface area contributed by atoms with Crippen molar-refractivity contribution in [2.24, 2.45) is 0 Å². The van der Waals surface area contributed by atoms with Crippen LogP contribution < -0.4 is 4.74 Å². The third-order valence-corrected chi connectivity index (χ3v) is 4.59. The molecule has 140 valence electrons. The number of H-pyrrole nitrogens is 1. The van der Waals surface area contributed by atoms with Gasteiger partial charge in [0, 0.05) is 28.6 Å². The van der Waals surface area contributed by atoms with Crippen LogP contribution in [0.3, 0.4) is 0 Å². The van der Waals surface area contributed by atoms with Crippen LogP contribution in [0.1, 0.15) is 35.0 Å². The fourth-order valence-electron chi connectivity index (χ4n) is 3.15. The lowest BCUT2D eigenvalue weighted by Crippen LogP contribution is -2.25. The summed E-state index contributed by atoms with van der Waals surface area (Å²) < 4.78 is 10.5. The van der Waals surface area contributed by atoms with E-state index in [1.165, 1.54) is 0 Å². The summed E-state index contributed by atoms with van der Waals surface area (Å²) in [6.45, 7) is 3.47. The minimum atomic E-state index is -0.828. The number of nitrogens with one attached hydrogen (secondary N) is 1. The summed E-state index contributed by atoms with van der Waals surface area (Å²) in [4.78, 5) is 28.2. The van der Waals surface area contributed by atoms with Crippen LogP contribution in [0.15, 0.2) is 48.5 Å². The number of esters is 1. The first kappa shape index (κ1) is 18.7. The highest BCUT2D eigenvalue weighted by Gasteiger charge is 2.24. The number of fused-ring (bicyclic) bond motifs is 1. The van der Waals surface area contributed by atoms with Crippen molar-refractivity contribution >= 4 is 22.7 Å². The number of hydrogen-bond acceptors (Lipinski definition) is 4. The Morgan fingerprint density at radius 2 is 1.78 bits per heavy atom. The third kappa shape index (κ3) is 4.19. The molecule has 0 saturated heterocycles. The van der Waals surface area contributed by atoms with Crippen molar-refractivity contribution in [1.29, 1.82) is 0 Å². The maximum Gasteiger partial charge on any atom is 0.306 e. The van der Waals surface area contributed by atoms with E-state index >= 15 is 0 Å². The highest BCUT2D eigenvalue weighted by Crippen LogP contribution is 2.24. The Labute approximate surface area is 158 Å². The first-order chi connectivity index (χ1) is 13.0. The van der Waals surface area contributed by atoms with E-state index in [9.17, 15) is 9.59 Å². The van der Waals surface area contributed by atoms with Crippen LogP contribution >= 0.6 is 0 Å². The number of aryl methyl sites for hydroxylation is 2. The highest BCUT2D eigenvalue weighted by atomic mass is 16.5. The van der Waals surface area contributed by atoms with E-state index in [0.717, 1.165) is 27.9 Å². The molecule has 0 saturated carbocycles. The molecule has 27 heavy (non-hydrogen) atoms. The molecule has 3 rings (SSSR count). The van der Waals surface area contributed by atoms with Gasteiger partial charge in [-0.2, -0.15) is 0 Å². The first-order valence-electron chi connectivity index (χ1n) is 8.93. The molecule has 1 heterocycles. The van der Waals surface area contributed by atoms with Crippen LogP contribution in [0.2, 0.25) is 0 Å². The van der Waals surface area contributed by atoms with Crippen LogP contribution in [-0.2, 0) is 16.0 Å². The number of Topliss-reactive ketones (excluding diaryl/α,β-unsaturated/α-hetero) is 1. The molecule has 0 fully saturated rings. The van der Waals surface area contributed by atoms with Gasteiger partial charge in [0.1, 0.15) is 5.75 Å². The summed E-state index contributed by atoms with van der Waals surface area (Å²) >= 11 is 0. The zero-order valence-electron chi connectivity index (χ0n) is 15.7. The van der Waals surface area contributed by atoms with Crippen molar-refractivity contribution in [3.8, 4) is 5.75 Å². The van der Waals surface area contributed by atoms with Crippen LogP contribution in [0.4, 0.5) is 0 Å². The van der Waals surface area contributed by atoms with Crippen molar-refractivity contribution in [1.82, 2.24) is 4.98 Å². The molecule has 0 radical (unpaired) electrons. The summed E-state index contributed by atoms with van der Waals surface area (Å²) in [5, 5.41) is 0.848. The van der Waals surface area contributed by atoms with Gasteiger partial charge in [0.25, 0.3) is 0 Å². The number of ether oxygens (including phenoxy) is 2. The number of carbonyl (C=O) groups is 2. The molecule has 0 aliphatic carbocycles. The molecule has 3 aromatic rings. The van der Waals surface area contributed by atoms with Crippen molar-refractivity contribution in [2.75, 3.05) is 7.11 Å². The number of aromatic amines is 1. The highest BCUT2D eigenvalue weighted by molar-refractivity contribution is 6.11. The number of carbonyl (C=O) groups excluding carboxylic acids is 2. The molecule has 0 aliphatic heterocycles. The van der Waals surface area contributed by atoms with Crippen LogP contribution in [-0.4, -0.2) is 30.0 Å². The van der Waals surface area contributed by atoms with Crippen LogP contribution in [0.5, 0.6) is 5.75 Å². The van der Waals surface area contributed by atoms with E-state index in [-0.39, 0.29) is 18.2 Å². The molecule has 0 bridgehead atoms. The van der Waals surface area contributed by atoms with Gasteiger partial charge >= 0.3 is 5.97 Å². The number of para-hydroxylation sites is 1. The largest absolute Gasteiger partial charge is 0.497 e. The van der Waals surface area contributed by atoms with Crippen molar-refractivity contribution in [3.05, 3.63) is 65.4 Å². The molecule has 0 spiro atoms. The summed E-state index contributed by atoms with van der Waals surface area (Å²) in [5.41, 5.74) is 3.28. The van der Waals surface area contributed by atoms with E-state index in [2.05, 4.69) is 4.98 Å². The molecule has 2 aromatic carbocycles. The number of ketones is 1. The minimum absolute atomic E-state index is 0.192. The van der Waals surface area contributed by atoms with E-state index < -0.39 is 6.10 Å². The SMILES string of the molecule is COc1ccc(CCC(=O)O[C@H](C)C(=O)c2c(C)[nH]c3ccccc23)cc1. The zero-order valence-corrected chi connectivity index (χ0v) is 15.7. The molecule has 1 atom stereocenters. The monoisotopic (exact) mass is 365 g/mol. The Bertz CT molecular complexity index is 956. The topological polar surface area (TPSA) is 68.4 Å². The number of hydrogen-bond donors (Lipinski definition) is 1.